The number of aromatic nitrogens is 3. The van der Waals surface area contributed by atoms with Gasteiger partial charge in [0.25, 0.3) is 0 Å². The Morgan fingerprint density at radius 1 is 1.38 bits per heavy atom. The molecule has 0 unspecified atom stereocenters. The molecular weight excluding hydrogens is 268 g/mol. The number of ether oxygens (including phenoxy) is 1. The first-order chi connectivity index (χ1) is 10.3. The molecule has 0 atom stereocenters. The third-order valence-corrected chi connectivity index (χ3v) is 3.16. The molecule has 102 valence electrons. The van der Waals surface area contributed by atoms with Gasteiger partial charge in [-0.3, -0.25) is 4.79 Å². The lowest BCUT2D eigenvalue weighted by atomic mass is 10.1. The molecule has 0 bridgehead atoms. The maximum atomic E-state index is 11.0. The summed E-state index contributed by atoms with van der Waals surface area (Å²) < 4.78 is 6.79. The smallest absolute Gasteiger partial charge is 0.246 e. The normalized spacial score (nSPS) is 10.3. The van der Waals surface area contributed by atoms with Crippen molar-refractivity contribution in [3.63, 3.8) is 0 Å². The Hall–Kier alpha value is -3.20. The Kier molecular flexibility index (Phi) is 3.09. The molecule has 0 spiro atoms. The molecule has 3 rings (SSSR count). The maximum Gasteiger partial charge on any atom is 0.246 e. The molecule has 2 heterocycles. The van der Waals surface area contributed by atoms with Crippen LogP contribution in [0.25, 0.3) is 21.6 Å². The van der Waals surface area contributed by atoms with E-state index < -0.39 is 0 Å². The second-order valence-electron chi connectivity index (χ2n) is 4.28. The summed E-state index contributed by atoms with van der Waals surface area (Å²) >= 11 is 0. The van der Waals surface area contributed by atoms with Gasteiger partial charge in [0.05, 0.1) is 25.4 Å². The second-order valence-corrected chi connectivity index (χ2v) is 4.28. The van der Waals surface area contributed by atoms with E-state index in [9.17, 15) is 4.79 Å². The van der Waals surface area contributed by atoms with Crippen LogP contribution in [0.15, 0.2) is 36.7 Å². The van der Waals surface area contributed by atoms with E-state index in [0.717, 1.165) is 17.2 Å². The van der Waals surface area contributed by atoms with E-state index in [0.29, 0.717) is 22.8 Å². The van der Waals surface area contributed by atoms with Crippen molar-refractivity contribution in [1.29, 1.82) is 0 Å². The number of carbonyl (C=O) groups excluding carboxylic acids is 1. The Balaban J connectivity index is 2.22. The molecule has 0 saturated carbocycles. The molecule has 0 aliphatic heterocycles. The summed E-state index contributed by atoms with van der Waals surface area (Å²) in [5.41, 5.74) is 1.68. The van der Waals surface area contributed by atoms with E-state index in [1.807, 2.05) is 6.07 Å². The summed E-state index contributed by atoms with van der Waals surface area (Å²) in [4.78, 5) is 18.6. The predicted octanol–water partition coefficient (Wildman–Crippen LogP) is 2.79. The van der Waals surface area contributed by atoms with Crippen LogP contribution >= 0.6 is 0 Å². The molecule has 0 N–H and O–H groups in total. The van der Waals surface area contributed by atoms with Crippen molar-refractivity contribution in [3.8, 4) is 11.6 Å². The molecule has 0 radical (unpaired) electrons. The fourth-order valence-corrected chi connectivity index (χ4v) is 2.14. The zero-order valence-electron chi connectivity index (χ0n) is 11.1. The quantitative estimate of drug-likeness (QED) is 0.546. The lowest BCUT2D eigenvalue weighted by molar-refractivity contribution is 0.112. The van der Waals surface area contributed by atoms with Crippen LogP contribution < -0.4 is 4.74 Å². The first-order valence-electron chi connectivity index (χ1n) is 6.12. The average molecular weight is 278 g/mol. The highest BCUT2D eigenvalue weighted by atomic mass is 16.5. The molecule has 1 aromatic carbocycles. The lowest BCUT2D eigenvalue weighted by Crippen LogP contribution is -1.99. The number of pyridine rings is 1. The number of rotatable bonds is 3. The van der Waals surface area contributed by atoms with Crippen molar-refractivity contribution in [2.45, 2.75) is 0 Å². The summed E-state index contributed by atoms with van der Waals surface area (Å²) in [7, 11) is 1.50. The van der Waals surface area contributed by atoms with Gasteiger partial charge in [-0.2, -0.15) is 5.10 Å². The molecule has 2 aromatic heterocycles. The van der Waals surface area contributed by atoms with Crippen molar-refractivity contribution < 1.29 is 9.53 Å². The summed E-state index contributed by atoms with van der Waals surface area (Å²) in [5.74, 6) is 0.961. The largest absolute Gasteiger partial charge is 0.508 e. The molecule has 0 aliphatic carbocycles. The second kappa shape index (κ2) is 5.06. The van der Waals surface area contributed by atoms with Crippen molar-refractivity contribution in [2.75, 3.05) is 7.11 Å². The summed E-state index contributed by atoms with van der Waals surface area (Å²) in [5, 5.41) is 5.02. The molecule has 0 amide bonds. The van der Waals surface area contributed by atoms with Gasteiger partial charge in [0.15, 0.2) is 12.1 Å². The topological polar surface area (TPSA) is 61.4 Å². The van der Waals surface area contributed by atoms with Crippen LogP contribution in [0, 0.1) is 6.57 Å². The number of fused-ring (bicyclic) bond motifs is 1. The monoisotopic (exact) mass is 278 g/mol. The number of carbonyl (C=O) groups is 1. The Labute approximate surface area is 120 Å². The van der Waals surface area contributed by atoms with Crippen LogP contribution in [0.4, 0.5) is 5.69 Å². The van der Waals surface area contributed by atoms with Crippen LogP contribution in [-0.4, -0.2) is 28.2 Å². The minimum absolute atomic E-state index is 0.339. The summed E-state index contributed by atoms with van der Waals surface area (Å²) in [6, 6.07) is 7.02. The van der Waals surface area contributed by atoms with Crippen LogP contribution in [0.5, 0.6) is 5.75 Å². The molecule has 6 nitrogen and oxygen atoms in total. The van der Waals surface area contributed by atoms with E-state index in [-0.39, 0.29) is 0 Å². The molecule has 6 heteroatoms. The summed E-state index contributed by atoms with van der Waals surface area (Å²) in [6.07, 6.45) is 3.86. The fraction of sp³-hybridized carbons (Fsp3) is 0.0667. The van der Waals surface area contributed by atoms with Gasteiger partial charge in [0, 0.05) is 23.2 Å². The minimum atomic E-state index is 0.339. The van der Waals surface area contributed by atoms with Gasteiger partial charge in [-0.1, -0.05) is 12.1 Å². The Morgan fingerprint density at radius 2 is 2.24 bits per heavy atom. The van der Waals surface area contributed by atoms with E-state index in [4.69, 9.17) is 11.3 Å². The number of hydrogen-bond donors (Lipinski definition) is 0. The molecule has 0 aliphatic rings. The van der Waals surface area contributed by atoms with E-state index in [2.05, 4.69) is 14.9 Å². The lowest BCUT2D eigenvalue weighted by Gasteiger charge is -2.07. The minimum Gasteiger partial charge on any atom is -0.508 e. The standard InChI is InChI=1S/C15H10N4O2/c1-16-12-8-17-15(6-14(12)21-2)19-13-5-3-4-10(9-20)11(13)7-18-19/h3-9H,2H3. The third-order valence-electron chi connectivity index (χ3n) is 3.16. The maximum absolute atomic E-state index is 11.0. The van der Waals surface area contributed by atoms with Crippen LogP contribution in [0.3, 0.4) is 0 Å². The Bertz CT molecular complexity index is 877. The molecule has 3 aromatic rings. The Morgan fingerprint density at radius 3 is 2.95 bits per heavy atom. The molecule has 21 heavy (non-hydrogen) atoms. The fourth-order valence-electron chi connectivity index (χ4n) is 2.14. The van der Waals surface area contributed by atoms with Gasteiger partial charge in [0.1, 0.15) is 5.75 Å². The van der Waals surface area contributed by atoms with Gasteiger partial charge in [-0.15, -0.1) is 0 Å². The highest BCUT2D eigenvalue weighted by Crippen LogP contribution is 2.29. The highest BCUT2D eigenvalue weighted by molar-refractivity contribution is 5.96. The van der Waals surface area contributed by atoms with Gasteiger partial charge >= 0.3 is 0 Å². The summed E-state index contributed by atoms with van der Waals surface area (Å²) in [6.45, 7) is 7.06. The third kappa shape index (κ3) is 2.01. The van der Waals surface area contributed by atoms with Gasteiger partial charge < -0.3 is 4.74 Å². The molecular formula is C15H10N4O2. The van der Waals surface area contributed by atoms with E-state index in [1.54, 1.807) is 29.1 Å². The number of hydrogen-bond acceptors (Lipinski definition) is 4. The number of aldehydes is 1. The predicted molar refractivity (Wildman–Crippen MR) is 77.1 cm³/mol. The van der Waals surface area contributed by atoms with Crippen LogP contribution in [0.2, 0.25) is 0 Å². The highest BCUT2D eigenvalue weighted by Gasteiger charge is 2.11. The van der Waals surface area contributed by atoms with Gasteiger partial charge in [-0.25, -0.2) is 14.5 Å². The molecule has 0 saturated heterocycles. The van der Waals surface area contributed by atoms with Crippen molar-refractivity contribution in [1.82, 2.24) is 14.8 Å². The molecule has 0 fully saturated rings. The van der Waals surface area contributed by atoms with E-state index in [1.165, 1.54) is 13.3 Å². The number of methoxy groups -OCH3 is 1. The first-order valence-corrected chi connectivity index (χ1v) is 6.12. The zero-order valence-corrected chi connectivity index (χ0v) is 11.1. The van der Waals surface area contributed by atoms with Crippen molar-refractivity contribution in [3.05, 3.63) is 53.6 Å². The van der Waals surface area contributed by atoms with Crippen LogP contribution in [0.1, 0.15) is 10.4 Å². The first kappa shape index (κ1) is 12.8. The van der Waals surface area contributed by atoms with E-state index >= 15 is 0 Å². The van der Waals surface area contributed by atoms with Crippen molar-refractivity contribution in [2.24, 2.45) is 0 Å². The zero-order chi connectivity index (χ0) is 14.8. The SMILES string of the molecule is [C-]#[N+]c1cnc(-n2ncc3c(C=O)cccc32)cc1OC. The van der Waals surface area contributed by atoms with Gasteiger partial charge in [-0.05, 0) is 6.07 Å². The van der Waals surface area contributed by atoms with Gasteiger partial charge in [0.2, 0.25) is 5.69 Å². The van der Waals surface area contributed by atoms with Crippen molar-refractivity contribution >= 4 is 22.9 Å². The number of nitrogens with zero attached hydrogens (tertiary/aromatic N) is 4. The number of benzene rings is 1. The van der Waals surface area contributed by atoms with Crippen LogP contribution in [-0.2, 0) is 0 Å². The average Bonchev–Trinajstić information content (AvgIpc) is 2.98.